The third-order valence-corrected chi connectivity index (χ3v) is 4.17. The monoisotopic (exact) mass is 434 g/mol. The Morgan fingerprint density at radius 1 is 1.38 bits per heavy atom. The van der Waals surface area contributed by atoms with Crippen molar-refractivity contribution >= 4 is 45.2 Å². The summed E-state index contributed by atoms with van der Waals surface area (Å²) in [5.41, 5.74) is 1.08. The highest BCUT2D eigenvalue weighted by Gasteiger charge is 2.12. The average molecular weight is 436 g/mol. The zero-order chi connectivity index (χ0) is 19.1. The number of carbonyl (C=O) groups excluding carboxylic acids is 1. The van der Waals surface area contributed by atoms with E-state index in [9.17, 15) is 10.1 Å². The van der Waals surface area contributed by atoms with Crippen molar-refractivity contribution in [3.63, 3.8) is 0 Å². The van der Waals surface area contributed by atoms with E-state index in [2.05, 4.69) is 21.2 Å². The van der Waals surface area contributed by atoms with Gasteiger partial charge in [-0.2, -0.15) is 5.26 Å². The number of nitrogens with zero attached hydrogens (tertiary/aromatic N) is 1. The van der Waals surface area contributed by atoms with Crippen LogP contribution < -0.4 is 14.8 Å². The second kappa shape index (κ2) is 9.27. The van der Waals surface area contributed by atoms with Gasteiger partial charge in [-0.15, -0.1) is 0 Å². The minimum absolute atomic E-state index is 0.0556. The molecule has 0 aliphatic heterocycles. The molecule has 134 valence electrons. The van der Waals surface area contributed by atoms with Crippen molar-refractivity contribution in [2.24, 2.45) is 0 Å². The van der Waals surface area contributed by atoms with Gasteiger partial charge in [0, 0.05) is 11.8 Å². The fraction of sp³-hybridized carbons (Fsp3) is 0.158. The Morgan fingerprint density at radius 2 is 2.15 bits per heavy atom. The molecule has 0 spiro atoms. The molecule has 2 rings (SSSR count). The van der Waals surface area contributed by atoms with E-state index >= 15 is 0 Å². The van der Waals surface area contributed by atoms with Crippen molar-refractivity contribution in [1.82, 2.24) is 0 Å². The first-order valence-electron chi connectivity index (χ1n) is 7.67. The lowest BCUT2D eigenvalue weighted by molar-refractivity contribution is -0.112. The Labute approximate surface area is 165 Å². The van der Waals surface area contributed by atoms with Gasteiger partial charge in [0.05, 0.1) is 23.2 Å². The summed E-state index contributed by atoms with van der Waals surface area (Å²) in [7, 11) is 1.51. The van der Waals surface area contributed by atoms with Crippen LogP contribution in [0.25, 0.3) is 6.08 Å². The van der Waals surface area contributed by atoms with Crippen LogP contribution >= 0.6 is 27.5 Å². The van der Waals surface area contributed by atoms with Gasteiger partial charge in [0.15, 0.2) is 5.75 Å². The van der Waals surface area contributed by atoms with Crippen LogP contribution in [0.4, 0.5) is 5.69 Å². The summed E-state index contributed by atoms with van der Waals surface area (Å²) in [6, 6.07) is 12.2. The normalized spacial score (nSPS) is 10.8. The van der Waals surface area contributed by atoms with Crippen LogP contribution in [0, 0.1) is 11.3 Å². The van der Waals surface area contributed by atoms with E-state index < -0.39 is 5.91 Å². The lowest BCUT2D eigenvalue weighted by Gasteiger charge is -2.09. The number of benzene rings is 2. The van der Waals surface area contributed by atoms with Crippen LogP contribution in [0.2, 0.25) is 5.02 Å². The Morgan fingerprint density at radius 3 is 2.77 bits per heavy atom. The molecule has 5 nitrogen and oxygen atoms in total. The van der Waals surface area contributed by atoms with E-state index in [1.54, 1.807) is 36.4 Å². The first kappa shape index (κ1) is 19.8. The Balaban J connectivity index is 2.25. The summed E-state index contributed by atoms with van der Waals surface area (Å²) < 4.78 is 11.2. The van der Waals surface area contributed by atoms with Gasteiger partial charge in [0.25, 0.3) is 5.91 Å². The first-order valence-corrected chi connectivity index (χ1v) is 8.84. The predicted octanol–water partition coefficient (Wildman–Crippen LogP) is 5.06. The highest BCUT2D eigenvalue weighted by molar-refractivity contribution is 9.10. The van der Waals surface area contributed by atoms with Crippen molar-refractivity contribution in [1.29, 1.82) is 5.26 Å². The molecule has 0 atom stereocenters. The Kier molecular flexibility index (Phi) is 7.07. The van der Waals surface area contributed by atoms with Crippen LogP contribution in [0.3, 0.4) is 0 Å². The van der Waals surface area contributed by atoms with Crippen molar-refractivity contribution in [3.8, 4) is 17.6 Å². The van der Waals surface area contributed by atoms with E-state index in [0.29, 0.717) is 38.9 Å². The van der Waals surface area contributed by atoms with Crippen LogP contribution in [0.1, 0.15) is 12.5 Å². The van der Waals surface area contributed by atoms with Crippen LogP contribution in [-0.2, 0) is 4.79 Å². The smallest absolute Gasteiger partial charge is 0.266 e. The number of ether oxygens (including phenoxy) is 2. The van der Waals surface area contributed by atoms with E-state index in [4.69, 9.17) is 21.1 Å². The highest BCUT2D eigenvalue weighted by Crippen LogP contribution is 2.34. The van der Waals surface area contributed by atoms with E-state index in [1.807, 2.05) is 13.0 Å². The summed E-state index contributed by atoms with van der Waals surface area (Å²) in [4.78, 5) is 12.4. The summed E-state index contributed by atoms with van der Waals surface area (Å²) in [5, 5.41) is 12.4. The molecule has 0 aliphatic carbocycles. The summed E-state index contributed by atoms with van der Waals surface area (Å²) >= 11 is 9.48. The quantitative estimate of drug-likeness (QED) is 0.509. The molecule has 0 heterocycles. The molecule has 0 unspecified atom stereocenters. The summed E-state index contributed by atoms with van der Waals surface area (Å²) in [5.74, 6) is 0.599. The molecule has 0 fully saturated rings. The second-order valence-corrected chi connectivity index (χ2v) is 6.36. The van der Waals surface area contributed by atoms with Crippen molar-refractivity contribution in [2.75, 3.05) is 19.0 Å². The highest BCUT2D eigenvalue weighted by atomic mass is 79.9. The average Bonchev–Trinajstić information content (AvgIpc) is 2.60. The van der Waals surface area contributed by atoms with Crippen molar-refractivity contribution in [3.05, 3.63) is 57.0 Å². The standard InChI is InChI=1S/C19H16BrClN2O3/c1-3-26-15-6-4-5-14(10-15)23-19(24)13(11-22)7-12-8-16(20)18(25-2)17(21)9-12/h4-10H,3H2,1-2H3,(H,23,24)/b13-7-. The number of amides is 1. The molecule has 2 aromatic carbocycles. The van der Waals surface area contributed by atoms with Crippen LogP contribution in [0.5, 0.6) is 11.5 Å². The van der Waals surface area contributed by atoms with E-state index in [0.717, 1.165) is 0 Å². The minimum atomic E-state index is -0.524. The number of rotatable bonds is 6. The van der Waals surface area contributed by atoms with Gasteiger partial charge < -0.3 is 14.8 Å². The van der Waals surface area contributed by atoms with Gasteiger partial charge >= 0.3 is 0 Å². The van der Waals surface area contributed by atoms with Gasteiger partial charge in [-0.25, -0.2) is 0 Å². The Bertz CT molecular complexity index is 868. The first-order chi connectivity index (χ1) is 12.5. The maximum Gasteiger partial charge on any atom is 0.266 e. The van der Waals surface area contributed by atoms with Crippen molar-refractivity contribution in [2.45, 2.75) is 6.92 Å². The van der Waals surface area contributed by atoms with Gasteiger partial charge in [0.1, 0.15) is 17.4 Å². The molecular formula is C19H16BrClN2O3. The predicted molar refractivity (Wildman–Crippen MR) is 106 cm³/mol. The molecule has 0 radical (unpaired) electrons. The SMILES string of the molecule is CCOc1cccc(NC(=O)/C(C#N)=C\c2cc(Cl)c(OC)c(Br)c2)c1. The van der Waals surface area contributed by atoms with Gasteiger partial charge in [-0.3, -0.25) is 4.79 Å². The fourth-order valence-corrected chi connectivity index (χ4v) is 3.26. The van der Waals surface area contributed by atoms with Gasteiger partial charge in [-0.1, -0.05) is 17.7 Å². The van der Waals surface area contributed by atoms with Gasteiger partial charge in [-0.05, 0) is 58.8 Å². The number of hydrogen-bond acceptors (Lipinski definition) is 4. The number of anilines is 1. The molecule has 26 heavy (non-hydrogen) atoms. The second-order valence-electron chi connectivity index (χ2n) is 5.10. The number of nitrogens with one attached hydrogen (secondary N) is 1. The van der Waals surface area contributed by atoms with E-state index in [1.165, 1.54) is 13.2 Å². The number of hydrogen-bond donors (Lipinski definition) is 1. The van der Waals surface area contributed by atoms with E-state index in [-0.39, 0.29) is 5.57 Å². The molecule has 1 N–H and O–H groups in total. The fourth-order valence-electron chi connectivity index (χ4n) is 2.20. The molecule has 0 saturated heterocycles. The zero-order valence-electron chi connectivity index (χ0n) is 14.2. The molecule has 7 heteroatoms. The Hall–Kier alpha value is -2.49. The minimum Gasteiger partial charge on any atom is -0.494 e. The molecule has 1 amide bonds. The van der Waals surface area contributed by atoms with Crippen LogP contribution in [0.15, 0.2) is 46.4 Å². The lowest BCUT2D eigenvalue weighted by atomic mass is 10.1. The maximum atomic E-state index is 12.4. The molecule has 0 aromatic heterocycles. The van der Waals surface area contributed by atoms with Crippen LogP contribution in [-0.4, -0.2) is 19.6 Å². The molecule has 0 aliphatic rings. The summed E-state index contributed by atoms with van der Waals surface area (Å²) in [6.45, 7) is 2.40. The maximum absolute atomic E-state index is 12.4. The number of halogens is 2. The largest absolute Gasteiger partial charge is 0.494 e. The van der Waals surface area contributed by atoms with Gasteiger partial charge in [0.2, 0.25) is 0 Å². The van der Waals surface area contributed by atoms with Crippen molar-refractivity contribution < 1.29 is 14.3 Å². The molecule has 2 aromatic rings. The zero-order valence-corrected chi connectivity index (χ0v) is 16.5. The molecule has 0 bridgehead atoms. The topological polar surface area (TPSA) is 71.3 Å². The summed E-state index contributed by atoms with van der Waals surface area (Å²) in [6.07, 6.45) is 1.46. The molecular weight excluding hydrogens is 420 g/mol. The third-order valence-electron chi connectivity index (χ3n) is 3.30. The third kappa shape index (κ3) is 5.01. The number of carbonyl (C=O) groups is 1. The molecule has 0 saturated carbocycles. The number of methoxy groups -OCH3 is 1. The lowest BCUT2D eigenvalue weighted by Crippen LogP contribution is -2.13. The number of nitriles is 1.